The van der Waals surface area contributed by atoms with Crippen LogP contribution >= 0.6 is 0 Å². The summed E-state index contributed by atoms with van der Waals surface area (Å²) in [7, 11) is 5.61. The average molecular weight is 303 g/mol. The fraction of sp³-hybridized carbons (Fsp3) is 0.375. The molecule has 118 valence electrons. The van der Waals surface area contributed by atoms with E-state index in [0.29, 0.717) is 17.9 Å². The Labute approximate surface area is 130 Å². The highest BCUT2D eigenvalue weighted by molar-refractivity contribution is 5.99. The van der Waals surface area contributed by atoms with Crippen LogP contribution in [-0.2, 0) is 0 Å². The molecule has 1 aromatic carbocycles. The van der Waals surface area contributed by atoms with Gasteiger partial charge in [0, 0.05) is 12.1 Å². The lowest BCUT2D eigenvalue weighted by molar-refractivity contribution is 0.0952. The summed E-state index contributed by atoms with van der Waals surface area (Å²) in [5.41, 5.74) is 1.23. The fourth-order valence-corrected chi connectivity index (χ4v) is 2.04. The van der Waals surface area contributed by atoms with E-state index >= 15 is 0 Å². The monoisotopic (exact) mass is 303 g/mol. The number of benzene rings is 1. The van der Waals surface area contributed by atoms with Gasteiger partial charge < -0.3 is 19.5 Å². The summed E-state index contributed by atoms with van der Waals surface area (Å²) in [5.74, 6) is 1.04. The number of hydrogen-bond donors (Lipinski definition) is 1. The summed E-state index contributed by atoms with van der Waals surface area (Å²) < 4.78 is 10.3. The number of carbonyl (C=O) groups excluding carboxylic acids is 1. The minimum absolute atomic E-state index is 0.175. The van der Waals surface area contributed by atoms with Crippen LogP contribution in [0.2, 0.25) is 0 Å². The lowest BCUT2D eigenvalue weighted by Crippen LogP contribution is -2.27. The van der Waals surface area contributed by atoms with E-state index in [9.17, 15) is 4.79 Å². The van der Waals surface area contributed by atoms with Crippen molar-refractivity contribution in [3.05, 3.63) is 36.0 Å². The molecule has 1 heterocycles. The second kappa shape index (κ2) is 7.61. The van der Waals surface area contributed by atoms with Gasteiger partial charge in [0.1, 0.15) is 11.3 Å². The highest BCUT2D eigenvalue weighted by Crippen LogP contribution is 2.25. The van der Waals surface area contributed by atoms with E-state index in [4.69, 9.17) is 9.26 Å². The molecule has 0 saturated heterocycles. The molecular weight excluding hydrogens is 282 g/mol. The Balaban J connectivity index is 2.03. The third kappa shape index (κ3) is 4.08. The molecule has 22 heavy (non-hydrogen) atoms. The van der Waals surface area contributed by atoms with E-state index in [2.05, 4.69) is 15.4 Å². The Morgan fingerprint density at radius 2 is 2.05 bits per heavy atom. The molecule has 0 spiro atoms. The van der Waals surface area contributed by atoms with Gasteiger partial charge in [0.2, 0.25) is 0 Å². The third-order valence-corrected chi connectivity index (χ3v) is 3.23. The molecule has 0 aliphatic rings. The number of rotatable bonds is 7. The van der Waals surface area contributed by atoms with E-state index < -0.39 is 0 Å². The van der Waals surface area contributed by atoms with Gasteiger partial charge in [0.15, 0.2) is 5.76 Å². The zero-order valence-electron chi connectivity index (χ0n) is 13.1. The Bertz CT molecular complexity index is 605. The summed E-state index contributed by atoms with van der Waals surface area (Å²) in [5, 5.41) is 6.63. The largest absolute Gasteiger partial charge is 0.497 e. The molecule has 0 unspecified atom stereocenters. The van der Waals surface area contributed by atoms with Gasteiger partial charge in [-0.25, -0.2) is 0 Å². The van der Waals surface area contributed by atoms with Crippen molar-refractivity contribution in [1.29, 1.82) is 0 Å². The molecule has 1 amide bonds. The molecule has 0 bridgehead atoms. The Morgan fingerprint density at radius 1 is 1.32 bits per heavy atom. The van der Waals surface area contributed by atoms with Crippen LogP contribution in [0.25, 0.3) is 11.3 Å². The van der Waals surface area contributed by atoms with Gasteiger partial charge in [-0.3, -0.25) is 4.79 Å². The highest BCUT2D eigenvalue weighted by Gasteiger charge is 2.17. The predicted octanol–water partition coefficient (Wildman–Crippen LogP) is 2.03. The van der Waals surface area contributed by atoms with Gasteiger partial charge in [-0.2, -0.15) is 0 Å². The Hall–Kier alpha value is -2.34. The van der Waals surface area contributed by atoms with E-state index in [1.807, 2.05) is 38.4 Å². The summed E-state index contributed by atoms with van der Waals surface area (Å²) >= 11 is 0. The molecule has 0 fully saturated rings. The topological polar surface area (TPSA) is 67.6 Å². The van der Waals surface area contributed by atoms with Crippen molar-refractivity contribution in [3.63, 3.8) is 0 Å². The SMILES string of the molecule is COc1ccc(-c2oncc2C(=O)NCCCN(C)C)cc1. The summed E-state index contributed by atoms with van der Waals surface area (Å²) in [6, 6.07) is 7.30. The van der Waals surface area contributed by atoms with Crippen LogP contribution < -0.4 is 10.1 Å². The molecule has 6 nitrogen and oxygen atoms in total. The van der Waals surface area contributed by atoms with Crippen molar-refractivity contribution in [1.82, 2.24) is 15.4 Å². The smallest absolute Gasteiger partial charge is 0.256 e. The minimum Gasteiger partial charge on any atom is -0.497 e. The maximum Gasteiger partial charge on any atom is 0.256 e. The first-order chi connectivity index (χ1) is 10.6. The number of ether oxygens (including phenoxy) is 1. The van der Waals surface area contributed by atoms with Gasteiger partial charge in [-0.15, -0.1) is 0 Å². The highest BCUT2D eigenvalue weighted by atomic mass is 16.5. The molecule has 0 saturated carbocycles. The van der Waals surface area contributed by atoms with Crippen molar-refractivity contribution in [2.75, 3.05) is 34.3 Å². The first-order valence-corrected chi connectivity index (χ1v) is 7.14. The summed E-state index contributed by atoms with van der Waals surface area (Å²) in [6.45, 7) is 1.54. The average Bonchev–Trinajstić information content (AvgIpc) is 3.01. The van der Waals surface area contributed by atoms with Crippen molar-refractivity contribution in [2.45, 2.75) is 6.42 Å². The molecule has 0 atom stereocenters. The number of amides is 1. The number of hydrogen-bond acceptors (Lipinski definition) is 5. The Kier molecular flexibility index (Phi) is 5.55. The van der Waals surface area contributed by atoms with E-state index in [1.165, 1.54) is 6.20 Å². The van der Waals surface area contributed by atoms with Crippen LogP contribution in [0.4, 0.5) is 0 Å². The van der Waals surface area contributed by atoms with Crippen LogP contribution in [0.5, 0.6) is 5.75 Å². The fourth-order valence-electron chi connectivity index (χ4n) is 2.04. The molecule has 2 aromatic rings. The molecule has 1 aromatic heterocycles. The zero-order valence-corrected chi connectivity index (χ0v) is 13.1. The van der Waals surface area contributed by atoms with Crippen LogP contribution in [0.3, 0.4) is 0 Å². The lowest BCUT2D eigenvalue weighted by Gasteiger charge is -2.09. The van der Waals surface area contributed by atoms with E-state index in [-0.39, 0.29) is 5.91 Å². The van der Waals surface area contributed by atoms with Gasteiger partial charge >= 0.3 is 0 Å². The van der Waals surface area contributed by atoms with Gasteiger partial charge in [0.25, 0.3) is 5.91 Å². The second-order valence-corrected chi connectivity index (χ2v) is 5.21. The van der Waals surface area contributed by atoms with Crippen molar-refractivity contribution in [3.8, 4) is 17.1 Å². The van der Waals surface area contributed by atoms with Gasteiger partial charge in [-0.05, 0) is 51.3 Å². The molecule has 0 aliphatic carbocycles. The van der Waals surface area contributed by atoms with E-state index in [1.54, 1.807) is 7.11 Å². The summed E-state index contributed by atoms with van der Waals surface area (Å²) in [4.78, 5) is 14.3. The van der Waals surface area contributed by atoms with Crippen molar-refractivity contribution < 1.29 is 14.1 Å². The number of carbonyl (C=O) groups is 1. The molecule has 0 aliphatic heterocycles. The van der Waals surface area contributed by atoms with Gasteiger partial charge in [0.05, 0.1) is 13.3 Å². The normalized spacial score (nSPS) is 10.7. The number of nitrogens with zero attached hydrogens (tertiary/aromatic N) is 2. The summed E-state index contributed by atoms with van der Waals surface area (Å²) in [6.07, 6.45) is 2.34. The molecule has 2 rings (SSSR count). The van der Waals surface area contributed by atoms with E-state index in [0.717, 1.165) is 24.3 Å². The molecule has 1 N–H and O–H groups in total. The second-order valence-electron chi connectivity index (χ2n) is 5.21. The zero-order chi connectivity index (χ0) is 15.9. The Morgan fingerprint density at radius 3 is 2.68 bits per heavy atom. The van der Waals surface area contributed by atoms with Crippen LogP contribution in [0.1, 0.15) is 16.8 Å². The maximum atomic E-state index is 12.2. The molecule has 0 radical (unpaired) electrons. The number of methoxy groups -OCH3 is 1. The first-order valence-electron chi connectivity index (χ1n) is 7.14. The number of aromatic nitrogens is 1. The lowest BCUT2D eigenvalue weighted by atomic mass is 10.1. The van der Waals surface area contributed by atoms with Crippen molar-refractivity contribution in [2.24, 2.45) is 0 Å². The predicted molar refractivity (Wildman–Crippen MR) is 84.0 cm³/mol. The standard InChI is InChI=1S/C16H21N3O3/c1-19(2)10-4-9-17-16(20)14-11-18-22-15(14)12-5-7-13(21-3)8-6-12/h5-8,11H,4,9-10H2,1-3H3,(H,17,20). The van der Waals surface area contributed by atoms with Crippen molar-refractivity contribution >= 4 is 5.91 Å². The third-order valence-electron chi connectivity index (χ3n) is 3.23. The number of nitrogens with one attached hydrogen (secondary N) is 1. The van der Waals surface area contributed by atoms with Gasteiger partial charge in [-0.1, -0.05) is 5.16 Å². The quantitative estimate of drug-likeness (QED) is 0.793. The molecule has 6 heteroatoms. The molecular formula is C16H21N3O3. The minimum atomic E-state index is -0.175. The maximum absolute atomic E-state index is 12.2. The van der Waals surface area contributed by atoms with Crippen LogP contribution in [0, 0.1) is 0 Å². The van der Waals surface area contributed by atoms with Crippen LogP contribution in [-0.4, -0.2) is 50.3 Å². The van der Waals surface area contributed by atoms with Crippen LogP contribution in [0.15, 0.2) is 35.0 Å². The first kappa shape index (κ1) is 16.0.